The summed E-state index contributed by atoms with van der Waals surface area (Å²) >= 11 is 3.42. The molecule has 0 aliphatic heterocycles. The lowest BCUT2D eigenvalue weighted by molar-refractivity contribution is -0.141. The third kappa shape index (κ3) is 3.09. The zero-order valence-corrected chi connectivity index (χ0v) is 15.4. The summed E-state index contributed by atoms with van der Waals surface area (Å²) in [6.07, 6.45) is 4.62. The maximum absolute atomic E-state index is 13.6. The topological polar surface area (TPSA) is 96.6 Å². The molecule has 3 aromatic rings. The zero-order chi connectivity index (χ0) is 17.9. The van der Waals surface area contributed by atoms with Crippen molar-refractivity contribution in [2.24, 2.45) is 5.41 Å². The summed E-state index contributed by atoms with van der Waals surface area (Å²) < 4.78 is 6.23. The number of carbonyl (C=O) groups excluding carboxylic acids is 1. The van der Waals surface area contributed by atoms with E-state index >= 15 is 0 Å². The minimum atomic E-state index is -1.60. The molecule has 7 nitrogen and oxygen atoms in total. The van der Waals surface area contributed by atoms with Crippen molar-refractivity contribution in [2.75, 3.05) is 5.33 Å². The van der Waals surface area contributed by atoms with E-state index < -0.39 is 11.0 Å². The van der Waals surface area contributed by atoms with E-state index in [0.717, 1.165) is 0 Å². The summed E-state index contributed by atoms with van der Waals surface area (Å²) in [5.41, 5.74) is -2.34. The number of hydrogen-bond donors (Lipinski definition) is 2. The number of carbonyl (C=O) groups is 1. The molecule has 1 atom stereocenters. The van der Waals surface area contributed by atoms with E-state index in [1.807, 2.05) is 32.0 Å². The molecule has 130 valence electrons. The molecule has 8 heteroatoms. The van der Waals surface area contributed by atoms with Gasteiger partial charge in [-0.05, 0) is 12.1 Å². The molecular weight excluding hydrogens is 386 g/mol. The van der Waals surface area contributed by atoms with Crippen molar-refractivity contribution in [3.8, 4) is 5.75 Å². The summed E-state index contributed by atoms with van der Waals surface area (Å²) in [4.78, 5) is 25.1. The van der Waals surface area contributed by atoms with Crippen LogP contribution in [0.1, 0.15) is 25.5 Å². The third-order valence-corrected chi connectivity index (χ3v) is 5.25. The molecule has 0 aliphatic carbocycles. The number of aromatic nitrogens is 5. The van der Waals surface area contributed by atoms with Gasteiger partial charge in [-0.25, -0.2) is 9.97 Å². The van der Waals surface area contributed by atoms with Crippen LogP contribution in [0.2, 0.25) is 0 Å². The number of alkyl halides is 1. The Hall–Kier alpha value is -2.48. The lowest BCUT2D eigenvalue weighted by Crippen LogP contribution is -2.51. The molecule has 0 aliphatic rings. The van der Waals surface area contributed by atoms with E-state index in [1.165, 1.54) is 6.33 Å². The Morgan fingerprint density at radius 3 is 2.56 bits per heavy atom. The van der Waals surface area contributed by atoms with Crippen molar-refractivity contribution in [1.82, 2.24) is 25.1 Å². The Kier molecular flexibility index (Phi) is 4.71. The lowest BCUT2D eigenvalue weighted by atomic mass is 9.79. The summed E-state index contributed by atoms with van der Waals surface area (Å²) in [5.74, 6) is 0.831. The number of ketones is 1. The van der Waals surface area contributed by atoms with Crippen LogP contribution in [0.5, 0.6) is 5.75 Å². The van der Waals surface area contributed by atoms with Gasteiger partial charge in [0.25, 0.3) is 5.60 Å². The second-order valence-corrected chi connectivity index (χ2v) is 6.76. The van der Waals surface area contributed by atoms with E-state index in [0.29, 0.717) is 16.9 Å². The van der Waals surface area contributed by atoms with Crippen LogP contribution in [-0.4, -0.2) is 36.3 Å². The minimum absolute atomic E-state index is 0.199. The monoisotopic (exact) mass is 403 g/mol. The molecule has 3 rings (SSSR count). The number of Topliss-reactive ketones (excluding diaryl/α,β-unsaturated/α-hetero) is 1. The van der Waals surface area contributed by atoms with Gasteiger partial charge < -0.3 is 9.72 Å². The first-order valence-corrected chi connectivity index (χ1v) is 8.84. The fourth-order valence-corrected chi connectivity index (χ4v) is 2.75. The average Bonchev–Trinajstić information content (AvgIpc) is 3.34. The van der Waals surface area contributed by atoms with Gasteiger partial charge >= 0.3 is 0 Å². The maximum atomic E-state index is 13.6. The number of nitrogens with zero attached hydrogens (tertiary/aromatic N) is 3. The third-order valence-electron chi connectivity index (χ3n) is 3.84. The number of imidazole rings is 1. The van der Waals surface area contributed by atoms with Gasteiger partial charge in [0.1, 0.15) is 12.1 Å². The van der Waals surface area contributed by atoms with Crippen molar-refractivity contribution >= 4 is 21.7 Å². The number of ether oxygens (including phenoxy) is 1. The number of rotatable bonds is 7. The van der Waals surface area contributed by atoms with Gasteiger partial charge in [0.2, 0.25) is 5.82 Å². The van der Waals surface area contributed by atoms with Crippen LogP contribution in [0, 0.1) is 5.41 Å². The number of para-hydroxylation sites is 1. The summed E-state index contributed by atoms with van der Waals surface area (Å²) in [6, 6.07) is 9.09. The first-order chi connectivity index (χ1) is 12.0. The van der Waals surface area contributed by atoms with Crippen LogP contribution in [0.25, 0.3) is 0 Å². The van der Waals surface area contributed by atoms with Crippen molar-refractivity contribution in [2.45, 2.75) is 19.4 Å². The number of nitrogens with one attached hydrogen (secondary N) is 2. The van der Waals surface area contributed by atoms with E-state index in [-0.39, 0.29) is 11.6 Å². The molecule has 1 unspecified atom stereocenters. The number of halogens is 1. The highest BCUT2D eigenvalue weighted by molar-refractivity contribution is 9.09. The smallest absolute Gasteiger partial charge is 0.284 e. The molecule has 2 aromatic heterocycles. The molecular formula is C17H18BrN5O2. The van der Waals surface area contributed by atoms with Crippen molar-refractivity contribution < 1.29 is 9.53 Å². The average molecular weight is 404 g/mol. The first kappa shape index (κ1) is 17.3. The molecule has 0 fully saturated rings. The van der Waals surface area contributed by atoms with Gasteiger partial charge in [-0.3, -0.25) is 9.89 Å². The molecule has 0 bridgehead atoms. The number of aromatic amines is 2. The lowest BCUT2D eigenvalue weighted by Gasteiger charge is -2.34. The van der Waals surface area contributed by atoms with E-state index in [2.05, 4.69) is 41.1 Å². The Labute approximate surface area is 153 Å². The SMILES string of the molecule is CC(C)(CBr)C(=O)C(Oc1ccccc1)(c1nc[nH]n1)c1ncc[nH]1. The van der Waals surface area contributed by atoms with Crippen molar-refractivity contribution in [3.05, 3.63) is 60.7 Å². The number of hydrogen-bond acceptors (Lipinski definition) is 5. The normalized spacial score (nSPS) is 14.0. The van der Waals surface area contributed by atoms with Gasteiger partial charge in [0.05, 0.1) is 0 Å². The molecule has 2 N–H and O–H groups in total. The molecule has 0 saturated heterocycles. The van der Waals surface area contributed by atoms with Crippen LogP contribution < -0.4 is 4.74 Å². The van der Waals surface area contributed by atoms with E-state index in [9.17, 15) is 4.79 Å². The highest BCUT2D eigenvalue weighted by Crippen LogP contribution is 2.38. The maximum Gasteiger partial charge on any atom is 0.284 e. The first-order valence-electron chi connectivity index (χ1n) is 7.72. The van der Waals surface area contributed by atoms with Crippen LogP contribution in [0.15, 0.2) is 49.1 Å². The largest absolute Gasteiger partial charge is 0.463 e. The summed E-state index contributed by atoms with van der Waals surface area (Å²) in [6.45, 7) is 3.67. The Balaban J connectivity index is 2.23. The zero-order valence-electron chi connectivity index (χ0n) is 13.9. The highest BCUT2D eigenvalue weighted by atomic mass is 79.9. The molecule has 1 aromatic carbocycles. The van der Waals surface area contributed by atoms with Crippen LogP contribution >= 0.6 is 15.9 Å². The second-order valence-electron chi connectivity index (χ2n) is 6.20. The van der Waals surface area contributed by atoms with Gasteiger partial charge in [0.15, 0.2) is 11.6 Å². The van der Waals surface area contributed by atoms with Gasteiger partial charge in [-0.2, -0.15) is 5.10 Å². The molecule has 0 spiro atoms. The van der Waals surface area contributed by atoms with Gasteiger partial charge in [-0.1, -0.05) is 48.0 Å². The fraction of sp³-hybridized carbons (Fsp3) is 0.294. The van der Waals surface area contributed by atoms with Crippen molar-refractivity contribution in [1.29, 1.82) is 0 Å². The molecule has 0 amide bonds. The van der Waals surface area contributed by atoms with Crippen molar-refractivity contribution in [3.63, 3.8) is 0 Å². The Morgan fingerprint density at radius 1 is 1.24 bits per heavy atom. The molecule has 25 heavy (non-hydrogen) atoms. The molecule has 0 radical (unpaired) electrons. The Bertz CT molecular complexity index is 782. The Morgan fingerprint density at radius 2 is 2.00 bits per heavy atom. The molecule has 0 saturated carbocycles. The van der Waals surface area contributed by atoms with E-state index in [1.54, 1.807) is 24.5 Å². The van der Waals surface area contributed by atoms with E-state index in [4.69, 9.17) is 4.74 Å². The predicted molar refractivity (Wildman–Crippen MR) is 95.4 cm³/mol. The predicted octanol–water partition coefficient (Wildman–Crippen LogP) is 2.84. The highest BCUT2D eigenvalue weighted by Gasteiger charge is 2.55. The molecule has 2 heterocycles. The van der Waals surface area contributed by atoms with Crippen LogP contribution in [0.4, 0.5) is 0 Å². The standard InChI is InChI=1S/C17H18BrN5O2/c1-16(2,10-18)13(24)17(14-19-8-9-20-14,15-21-11-22-23-15)25-12-6-4-3-5-7-12/h3-9,11H,10H2,1-2H3,(H,19,20)(H,21,22,23). The quantitative estimate of drug-likeness (QED) is 0.591. The summed E-state index contributed by atoms with van der Waals surface area (Å²) in [5, 5.41) is 7.26. The minimum Gasteiger partial charge on any atom is -0.463 e. The van der Waals surface area contributed by atoms with Gasteiger partial charge in [-0.15, -0.1) is 0 Å². The number of benzene rings is 1. The van der Waals surface area contributed by atoms with Gasteiger partial charge in [0, 0.05) is 23.1 Å². The fourth-order valence-electron chi connectivity index (χ4n) is 2.49. The van der Waals surface area contributed by atoms with Crippen LogP contribution in [-0.2, 0) is 10.4 Å². The summed E-state index contributed by atoms with van der Waals surface area (Å²) in [7, 11) is 0. The van der Waals surface area contributed by atoms with Crippen LogP contribution in [0.3, 0.4) is 0 Å². The second kappa shape index (κ2) is 6.79. The number of H-pyrrole nitrogens is 2.